The number of benzene rings is 2. The van der Waals surface area contributed by atoms with Crippen molar-refractivity contribution in [2.75, 3.05) is 6.61 Å². The molecule has 2 aromatic carbocycles. The molecule has 26 heavy (non-hydrogen) atoms. The van der Waals surface area contributed by atoms with Crippen LogP contribution in [0.25, 0.3) is 6.08 Å². The highest BCUT2D eigenvalue weighted by Crippen LogP contribution is 2.18. The summed E-state index contributed by atoms with van der Waals surface area (Å²) in [6.07, 6.45) is 7.63. The lowest BCUT2D eigenvalue weighted by Crippen LogP contribution is -2.25. The molecule has 2 rings (SSSR count). The van der Waals surface area contributed by atoms with E-state index in [1.165, 1.54) is 0 Å². The summed E-state index contributed by atoms with van der Waals surface area (Å²) in [6.45, 7) is 5.68. The largest absolute Gasteiger partial charge is 0.483 e. The average Bonchev–Trinajstić information content (AvgIpc) is 2.65. The second kappa shape index (κ2) is 9.99. The molecule has 4 heteroatoms. The van der Waals surface area contributed by atoms with Crippen molar-refractivity contribution >= 4 is 17.7 Å². The van der Waals surface area contributed by atoms with Gasteiger partial charge >= 0.3 is 0 Å². The van der Waals surface area contributed by atoms with E-state index < -0.39 is 0 Å². The van der Waals surface area contributed by atoms with Crippen LogP contribution in [-0.4, -0.2) is 18.2 Å². The van der Waals surface area contributed by atoms with Crippen molar-refractivity contribution in [3.63, 3.8) is 0 Å². The van der Waals surface area contributed by atoms with E-state index in [1.54, 1.807) is 0 Å². The zero-order chi connectivity index (χ0) is 18.8. The third-order valence-electron chi connectivity index (χ3n) is 3.60. The van der Waals surface area contributed by atoms with Crippen LogP contribution >= 0.6 is 0 Å². The molecule has 0 aliphatic carbocycles. The molecule has 0 heterocycles. The van der Waals surface area contributed by atoms with Gasteiger partial charge in [0.05, 0.1) is 5.71 Å². The maximum absolute atomic E-state index is 11.9. The Morgan fingerprint density at radius 3 is 2.65 bits per heavy atom. The van der Waals surface area contributed by atoms with E-state index in [2.05, 4.69) is 10.5 Å². The first-order chi connectivity index (χ1) is 12.5. The normalized spacial score (nSPS) is 11.9. The summed E-state index contributed by atoms with van der Waals surface area (Å²) in [5.41, 5.74) is 6.41. The van der Waals surface area contributed by atoms with Gasteiger partial charge < -0.3 is 4.74 Å². The molecular weight excluding hydrogens is 324 g/mol. The van der Waals surface area contributed by atoms with Crippen molar-refractivity contribution in [2.24, 2.45) is 5.10 Å². The van der Waals surface area contributed by atoms with Crippen molar-refractivity contribution in [1.82, 2.24) is 5.43 Å². The van der Waals surface area contributed by atoms with E-state index in [4.69, 9.17) is 4.74 Å². The predicted octanol–water partition coefficient (Wildman–Crippen LogP) is 4.44. The number of hydrazone groups is 1. The van der Waals surface area contributed by atoms with E-state index in [0.29, 0.717) is 11.5 Å². The maximum atomic E-state index is 11.9. The minimum Gasteiger partial charge on any atom is -0.483 e. The van der Waals surface area contributed by atoms with Crippen LogP contribution in [0.5, 0.6) is 5.75 Å². The van der Waals surface area contributed by atoms with Gasteiger partial charge in [0.1, 0.15) is 5.75 Å². The number of carbonyl (C=O) groups excluding carboxylic acids is 1. The smallest absolute Gasteiger partial charge is 0.277 e. The number of rotatable bonds is 7. The number of amides is 1. The Balaban J connectivity index is 1.78. The fourth-order valence-corrected chi connectivity index (χ4v) is 2.15. The second-order valence-corrected chi connectivity index (χ2v) is 5.97. The summed E-state index contributed by atoms with van der Waals surface area (Å²) in [4.78, 5) is 11.9. The number of nitrogens with one attached hydrogen (secondary N) is 1. The molecule has 0 bridgehead atoms. The lowest BCUT2D eigenvalue weighted by atomic mass is 10.1. The minimum atomic E-state index is -0.293. The van der Waals surface area contributed by atoms with Crippen molar-refractivity contribution in [1.29, 1.82) is 0 Å². The molecule has 4 nitrogen and oxygen atoms in total. The number of allylic oxidation sites excluding steroid dienone is 3. The van der Waals surface area contributed by atoms with Crippen LogP contribution in [0.2, 0.25) is 0 Å². The quantitative estimate of drug-likeness (QED) is 0.457. The van der Waals surface area contributed by atoms with Gasteiger partial charge in [0.2, 0.25) is 0 Å². The first kappa shape index (κ1) is 19.2. The maximum Gasteiger partial charge on any atom is 0.277 e. The van der Waals surface area contributed by atoms with Crippen LogP contribution < -0.4 is 10.2 Å². The van der Waals surface area contributed by atoms with Crippen molar-refractivity contribution < 1.29 is 9.53 Å². The van der Waals surface area contributed by atoms with Crippen LogP contribution in [0, 0.1) is 13.8 Å². The van der Waals surface area contributed by atoms with Crippen LogP contribution in [-0.2, 0) is 4.79 Å². The highest BCUT2D eigenvalue weighted by molar-refractivity contribution is 5.94. The van der Waals surface area contributed by atoms with E-state index in [0.717, 1.165) is 16.7 Å². The molecule has 0 aliphatic heterocycles. The molecule has 0 saturated carbocycles. The van der Waals surface area contributed by atoms with Gasteiger partial charge in [-0.1, -0.05) is 60.7 Å². The molecule has 0 fully saturated rings. The van der Waals surface area contributed by atoms with Gasteiger partial charge in [-0.25, -0.2) is 5.43 Å². The average molecular weight is 348 g/mol. The number of aryl methyl sites for hydroxylation is 2. The zero-order valence-electron chi connectivity index (χ0n) is 15.4. The lowest BCUT2D eigenvalue weighted by Gasteiger charge is -2.09. The Kier molecular flexibility index (Phi) is 7.37. The Labute approximate surface area is 154 Å². The van der Waals surface area contributed by atoms with Crippen molar-refractivity contribution in [3.8, 4) is 5.75 Å². The number of hydrogen-bond acceptors (Lipinski definition) is 3. The SMILES string of the molecule is CC(/C=C/C=C/c1ccccc1)=NNC(=O)COc1cc(C)ccc1C. The molecule has 0 radical (unpaired) electrons. The minimum absolute atomic E-state index is 0.0707. The van der Waals surface area contributed by atoms with E-state index in [9.17, 15) is 4.79 Å². The van der Waals surface area contributed by atoms with E-state index >= 15 is 0 Å². The number of ether oxygens (including phenoxy) is 1. The number of nitrogens with zero attached hydrogens (tertiary/aromatic N) is 1. The van der Waals surface area contributed by atoms with Gasteiger partial charge in [0.25, 0.3) is 5.91 Å². The molecule has 1 amide bonds. The fourth-order valence-electron chi connectivity index (χ4n) is 2.15. The van der Waals surface area contributed by atoms with Gasteiger partial charge in [0.15, 0.2) is 6.61 Å². The molecule has 0 aliphatic rings. The molecule has 0 spiro atoms. The molecule has 1 N–H and O–H groups in total. The summed E-state index contributed by atoms with van der Waals surface area (Å²) < 4.78 is 5.55. The monoisotopic (exact) mass is 348 g/mol. The lowest BCUT2D eigenvalue weighted by molar-refractivity contribution is -0.123. The van der Waals surface area contributed by atoms with Crippen LogP contribution in [0.4, 0.5) is 0 Å². The zero-order valence-corrected chi connectivity index (χ0v) is 15.4. The topological polar surface area (TPSA) is 50.7 Å². The predicted molar refractivity (Wildman–Crippen MR) is 107 cm³/mol. The molecule has 0 unspecified atom stereocenters. The molecule has 0 saturated heterocycles. The van der Waals surface area contributed by atoms with E-state index in [-0.39, 0.29) is 12.5 Å². The molecule has 0 aromatic heterocycles. The number of hydrogen-bond donors (Lipinski definition) is 1. The van der Waals surface area contributed by atoms with Crippen LogP contribution in [0.3, 0.4) is 0 Å². The van der Waals surface area contributed by atoms with Gasteiger partial charge in [-0.2, -0.15) is 5.10 Å². The van der Waals surface area contributed by atoms with Gasteiger partial charge in [-0.05, 0) is 49.6 Å². The first-order valence-electron chi connectivity index (χ1n) is 8.47. The molecule has 134 valence electrons. The summed E-state index contributed by atoms with van der Waals surface area (Å²) in [5.74, 6) is 0.422. The van der Waals surface area contributed by atoms with E-state index in [1.807, 2.05) is 93.6 Å². The first-order valence-corrected chi connectivity index (χ1v) is 8.47. The van der Waals surface area contributed by atoms with Gasteiger partial charge in [0, 0.05) is 0 Å². The third kappa shape index (κ3) is 6.77. The second-order valence-electron chi connectivity index (χ2n) is 5.97. The van der Waals surface area contributed by atoms with Crippen molar-refractivity contribution in [3.05, 3.63) is 83.4 Å². The summed E-state index contributed by atoms with van der Waals surface area (Å²) in [7, 11) is 0. The molecule has 0 atom stereocenters. The molecular formula is C22H24N2O2. The van der Waals surface area contributed by atoms with Crippen molar-refractivity contribution in [2.45, 2.75) is 20.8 Å². The summed E-state index contributed by atoms with van der Waals surface area (Å²) >= 11 is 0. The summed E-state index contributed by atoms with van der Waals surface area (Å²) in [5, 5.41) is 4.04. The Bertz CT molecular complexity index is 821. The van der Waals surface area contributed by atoms with Gasteiger partial charge in [-0.3, -0.25) is 4.79 Å². The summed E-state index contributed by atoms with van der Waals surface area (Å²) in [6, 6.07) is 15.9. The Hall–Kier alpha value is -3.14. The van der Waals surface area contributed by atoms with Crippen LogP contribution in [0.15, 0.2) is 71.9 Å². The standard InChI is InChI=1S/C22H24N2O2/c1-17-13-14-18(2)21(15-17)26-16-22(25)24-23-19(3)9-7-8-12-20-10-5-4-6-11-20/h4-15H,16H2,1-3H3,(H,24,25)/b9-7+,12-8+,23-19?. The molecule has 2 aromatic rings. The highest BCUT2D eigenvalue weighted by Gasteiger charge is 2.04. The Morgan fingerprint density at radius 1 is 1.12 bits per heavy atom. The Morgan fingerprint density at radius 2 is 1.88 bits per heavy atom. The van der Waals surface area contributed by atoms with Gasteiger partial charge in [-0.15, -0.1) is 0 Å². The number of carbonyl (C=O) groups is 1. The fraction of sp³-hybridized carbons (Fsp3) is 0.182. The third-order valence-corrected chi connectivity index (χ3v) is 3.60. The van der Waals surface area contributed by atoms with Crippen LogP contribution in [0.1, 0.15) is 23.6 Å². The highest BCUT2D eigenvalue weighted by atomic mass is 16.5.